The van der Waals surface area contributed by atoms with Crippen LogP contribution in [0.5, 0.6) is 0 Å². The highest BCUT2D eigenvalue weighted by atomic mass is 16.4. The number of carbonyl (C=O) groups is 1. The van der Waals surface area contributed by atoms with Gasteiger partial charge in [-0.2, -0.15) is 5.26 Å². The molecule has 0 aromatic rings. The van der Waals surface area contributed by atoms with Crippen molar-refractivity contribution in [2.45, 2.75) is 19.8 Å². The molecule has 0 aliphatic carbocycles. The van der Waals surface area contributed by atoms with Crippen LogP contribution in [0.25, 0.3) is 4.85 Å². The SMILES string of the molecule is CCCC[N+]#CC(C#N)C(=O)[O-]. The van der Waals surface area contributed by atoms with E-state index in [1.807, 2.05) is 6.92 Å². The average molecular weight is 166 g/mol. The molecule has 1 atom stereocenters. The molecule has 0 N–H and O–H groups in total. The van der Waals surface area contributed by atoms with Gasteiger partial charge in [0, 0.05) is 6.42 Å². The number of unbranched alkanes of at least 4 members (excludes halogenated alkanes) is 1. The fraction of sp³-hybridized carbons (Fsp3) is 0.625. The van der Waals surface area contributed by atoms with Crippen molar-refractivity contribution < 1.29 is 9.90 Å². The number of rotatable bonds is 3. The second-order valence-electron chi connectivity index (χ2n) is 2.25. The van der Waals surface area contributed by atoms with Crippen LogP contribution in [0.2, 0.25) is 0 Å². The summed E-state index contributed by atoms with van der Waals surface area (Å²) in [7, 11) is 0. The third kappa shape index (κ3) is 4.29. The Kier molecular flexibility index (Phi) is 5.38. The molecule has 0 aromatic carbocycles. The molecule has 0 aliphatic rings. The molecule has 0 aromatic heterocycles. The highest BCUT2D eigenvalue weighted by Crippen LogP contribution is 1.91. The monoisotopic (exact) mass is 166 g/mol. The summed E-state index contributed by atoms with van der Waals surface area (Å²) in [6, 6.07) is 3.72. The van der Waals surface area contributed by atoms with Gasteiger partial charge in [0.15, 0.2) is 0 Å². The van der Waals surface area contributed by atoms with Gasteiger partial charge in [0.05, 0.1) is 12.0 Å². The topological polar surface area (TPSA) is 68.3 Å². The Labute approximate surface area is 71.2 Å². The molecular formula is C8H10N2O2. The normalized spacial score (nSPS) is 10.7. The Morgan fingerprint density at radius 3 is 2.83 bits per heavy atom. The van der Waals surface area contributed by atoms with E-state index in [9.17, 15) is 9.90 Å². The van der Waals surface area contributed by atoms with Crippen molar-refractivity contribution >= 4 is 5.97 Å². The van der Waals surface area contributed by atoms with E-state index in [1.165, 1.54) is 6.07 Å². The fourth-order valence-corrected chi connectivity index (χ4v) is 0.527. The Hall–Kier alpha value is -1.55. The number of carboxylic acid groups (broad SMARTS) is 1. The minimum Gasteiger partial charge on any atom is -0.547 e. The summed E-state index contributed by atoms with van der Waals surface area (Å²) in [5.41, 5.74) is 0. The van der Waals surface area contributed by atoms with E-state index >= 15 is 0 Å². The lowest BCUT2D eigenvalue weighted by molar-refractivity contribution is -0.307. The molecule has 4 nitrogen and oxygen atoms in total. The van der Waals surface area contributed by atoms with E-state index in [2.05, 4.69) is 10.9 Å². The molecule has 0 amide bonds. The van der Waals surface area contributed by atoms with Gasteiger partial charge < -0.3 is 9.90 Å². The van der Waals surface area contributed by atoms with Gasteiger partial charge in [-0.1, -0.05) is 11.8 Å². The van der Waals surface area contributed by atoms with Gasteiger partial charge in [-0.3, -0.25) is 0 Å². The first-order valence-corrected chi connectivity index (χ1v) is 3.74. The van der Waals surface area contributed by atoms with Gasteiger partial charge in [0.25, 0.3) is 12.6 Å². The van der Waals surface area contributed by atoms with Gasteiger partial charge in [-0.25, -0.2) is 0 Å². The smallest absolute Gasteiger partial charge is 0.297 e. The van der Waals surface area contributed by atoms with Crippen LogP contribution in [0.15, 0.2) is 0 Å². The number of carboxylic acids is 1. The minimum absolute atomic E-state index is 0.516. The number of carbonyl (C=O) groups excluding carboxylic acids is 1. The number of aliphatic carboxylic acids is 1. The maximum absolute atomic E-state index is 10.1. The number of nitrogens with zero attached hydrogens (tertiary/aromatic N) is 2. The molecule has 0 bridgehead atoms. The molecule has 1 unspecified atom stereocenters. The summed E-state index contributed by atoms with van der Waals surface area (Å²) in [4.78, 5) is 13.8. The van der Waals surface area contributed by atoms with Crippen molar-refractivity contribution in [2.24, 2.45) is 5.92 Å². The van der Waals surface area contributed by atoms with Crippen LogP contribution in [0.3, 0.4) is 0 Å². The first-order chi connectivity index (χ1) is 5.72. The molecular weight excluding hydrogens is 156 g/mol. The van der Waals surface area contributed by atoms with Crippen LogP contribution in [-0.2, 0) is 4.79 Å². The van der Waals surface area contributed by atoms with Crippen molar-refractivity contribution in [3.05, 3.63) is 4.85 Å². The zero-order valence-corrected chi connectivity index (χ0v) is 6.91. The zero-order valence-electron chi connectivity index (χ0n) is 6.91. The molecule has 0 fully saturated rings. The molecule has 64 valence electrons. The van der Waals surface area contributed by atoms with E-state index < -0.39 is 11.9 Å². The quantitative estimate of drug-likeness (QED) is 0.554. The van der Waals surface area contributed by atoms with Crippen LogP contribution < -0.4 is 5.11 Å². The lowest BCUT2D eigenvalue weighted by atomic mass is 10.2. The maximum Gasteiger partial charge on any atom is 0.297 e. The maximum atomic E-state index is 10.1. The largest absolute Gasteiger partial charge is 0.547 e. The summed E-state index contributed by atoms with van der Waals surface area (Å²) in [6.07, 6.45) is 1.85. The fourth-order valence-electron chi connectivity index (χ4n) is 0.527. The molecule has 0 saturated heterocycles. The van der Waals surface area contributed by atoms with Gasteiger partial charge in [-0.15, -0.1) is 0 Å². The number of hydrogen-bond acceptors (Lipinski definition) is 3. The van der Waals surface area contributed by atoms with Crippen LogP contribution in [0, 0.1) is 23.3 Å². The molecule has 0 saturated carbocycles. The summed E-state index contributed by atoms with van der Waals surface area (Å²) in [6.45, 7) is 2.51. The Morgan fingerprint density at radius 1 is 1.75 bits per heavy atom. The van der Waals surface area contributed by atoms with E-state index in [-0.39, 0.29) is 0 Å². The van der Waals surface area contributed by atoms with E-state index in [4.69, 9.17) is 5.26 Å². The van der Waals surface area contributed by atoms with Crippen LogP contribution in [-0.4, -0.2) is 12.5 Å². The summed E-state index contributed by atoms with van der Waals surface area (Å²) in [5.74, 6) is -2.78. The third-order valence-corrected chi connectivity index (χ3v) is 1.21. The molecule has 12 heavy (non-hydrogen) atoms. The zero-order chi connectivity index (χ0) is 9.40. The molecule has 0 heterocycles. The number of hydrogen-bond donors (Lipinski definition) is 0. The van der Waals surface area contributed by atoms with Crippen molar-refractivity contribution in [1.82, 2.24) is 0 Å². The lowest BCUT2D eigenvalue weighted by Gasteiger charge is -1.93. The van der Waals surface area contributed by atoms with Crippen LogP contribution >= 0.6 is 0 Å². The molecule has 0 aliphatic heterocycles. The van der Waals surface area contributed by atoms with Crippen molar-refractivity contribution in [2.75, 3.05) is 6.54 Å². The summed E-state index contributed by atoms with van der Waals surface area (Å²) in [5, 5.41) is 18.4. The summed E-state index contributed by atoms with van der Waals surface area (Å²) < 4.78 is 0. The van der Waals surface area contributed by atoms with E-state index in [0.29, 0.717) is 6.54 Å². The minimum atomic E-state index is -1.45. The predicted molar refractivity (Wildman–Crippen MR) is 41.1 cm³/mol. The molecule has 0 radical (unpaired) electrons. The second kappa shape index (κ2) is 6.18. The third-order valence-electron chi connectivity index (χ3n) is 1.21. The van der Waals surface area contributed by atoms with Gasteiger partial charge in [0.1, 0.15) is 0 Å². The molecule has 4 heteroatoms. The van der Waals surface area contributed by atoms with Gasteiger partial charge >= 0.3 is 0 Å². The van der Waals surface area contributed by atoms with Crippen molar-refractivity contribution in [3.8, 4) is 12.1 Å². The Balaban J connectivity index is 3.92. The summed E-state index contributed by atoms with van der Waals surface area (Å²) >= 11 is 0. The van der Waals surface area contributed by atoms with Crippen molar-refractivity contribution in [3.63, 3.8) is 0 Å². The molecule has 0 rings (SSSR count). The van der Waals surface area contributed by atoms with Crippen LogP contribution in [0.4, 0.5) is 0 Å². The predicted octanol–water partition coefficient (Wildman–Crippen LogP) is 0.00908. The van der Waals surface area contributed by atoms with Gasteiger partial charge in [0.2, 0.25) is 5.92 Å². The number of nitriles is 1. The highest BCUT2D eigenvalue weighted by Gasteiger charge is 2.10. The average Bonchev–Trinajstić information content (AvgIpc) is 2.04. The standard InChI is InChI=1S/C8H10N2O2/c1-2-3-4-10-6-7(5-9)8(11)12/h7H,2-4H2,1H3. The first-order valence-electron chi connectivity index (χ1n) is 3.74. The Morgan fingerprint density at radius 2 is 2.42 bits per heavy atom. The second-order valence-corrected chi connectivity index (χ2v) is 2.25. The molecule has 0 spiro atoms. The van der Waals surface area contributed by atoms with Gasteiger partial charge in [-0.05, 0) is 6.42 Å². The first kappa shape index (κ1) is 10.4. The Bertz CT molecular complexity index is 244. The lowest BCUT2D eigenvalue weighted by Crippen LogP contribution is -2.29. The highest BCUT2D eigenvalue weighted by molar-refractivity contribution is 5.74. The van der Waals surface area contributed by atoms with Crippen molar-refractivity contribution in [1.29, 1.82) is 5.26 Å². The van der Waals surface area contributed by atoms with E-state index in [1.54, 1.807) is 0 Å². The van der Waals surface area contributed by atoms with E-state index in [0.717, 1.165) is 12.8 Å². The van der Waals surface area contributed by atoms with Crippen LogP contribution in [0.1, 0.15) is 19.8 Å².